The second-order valence-electron chi connectivity index (χ2n) is 7.24. The molecule has 0 saturated carbocycles. The first-order valence-corrected chi connectivity index (χ1v) is 10.4. The third kappa shape index (κ3) is 4.33. The molecule has 0 radical (unpaired) electrons. The minimum atomic E-state index is -0.729. The summed E-state index contributed by atoms with van der Waals surface area (Å²) >= 11 is 3.43. The molecule has 0 unspecified atom stereocenters. The quantitative estimate of drug-likeness (QED) is 0.579. The maximum Gasteiger partial charge on any atom is 0.304 e. The number of carbonyl (C=O) groups excluding carboxylic acids is 2. The summed E-state index contributed by atoms with van der Waals surface area (Å²) in [4.78, 5) is 25.7. The number of hydrazone groups is 1. The third-order valence-electron chi connectivity index (χ3n) is 5.04. The molecule has 1 aliphatic heterocycles. The molecule has 2 N–H and O–H groups in total. The highest BCUT2D eigenvalue weighted by atomic mass is 79.9. The Balaban J connectivity index is 1.68. The van der Waals surface area contributed by atoms with E-state index in [9.17, 15) is 9.59 Å². The Hall–Kier alpha value is -3.25. The molecule has 30 heavy (non-hydrogen) atoms. The van der Waals surface area contributed by atoms with E-state index in [2.05, 4.69) is 26.7 Å². The van der Waals surface area contributed by atoms with Crippen molar-refractivity contribution >= 4 is 34.0 Å². The van der Waals surface area contributed by atoms with Crippen LogP contribution in [0.15, 0.2) is 83.3 Å². The molecule has 3 aromatic rings. The number of hydrogen-bond donors (Lipinski definition) is 2. The van der Waals surface area contributed by atoms with Gasteiger partial charge in [-0.3, -0.25) is 9.59 Å². The van der Waals surface area contributed by atoms with E-state index in [-0.39, 0.29) is 17.9 Å². The molecule has 0 spiro atoms. The fourth-order valence-electron chi connectivity index (χ4n) is 3.47. The normalized spacial score (nSPS) is 19.5. The van der Waals surface area contributed by atoms with Crippen LogP contribution >= 0.6 is 15.9 Å². The summed E-state index contributed by atoms with van der Waals surface area (Å²) in [6, 6.07) is 23.7. The molecule has 4 rings (SSSR count). The SMILES string of the molecule is Cc1ccc(C(=O)N[C@H]2C(=O)N/[N+](=C\c3ccc(Br)cc3)[C@@H]2c2ccccc2)cc1. The van der Waals surface area contributed by atoms with E-state index in [1.807, 2.05) is 79.9 Å². The predicted octanol–water partition coefficient (Wildman–Crippen LogP) is 3.77. The Labute approximate surface area is 183 Å². The molecule has 0 aromatic heterocycles. The van der Waals surface area contributed by atoms with Crippen LogP contribution in [0.25, 0.3) is 0 Å². The number of hydrazine groups is 1. The fourth-order valence-corrected chi connectivity index (χ4v) is 3.73. The lowest BCUT2D eigenvalue weighted by molar-refractivity contribution is -0.596. The van der Waals surface area contributed by atoms with Gasteiger partial charge < -0.3 is 5.32 Å². The van der Waals surface area contributed by atoms with Gasteiger partial charge >= 0.3 is 5.91 Å². The van der Waals surface area contributed by atoms with Crippen LogP contribution in [0.4, 0.5) is 0 Å². The van der Waals surface area contributed by atoms with E-state index >= 15 is 0 Å². The number of rotatable bonds is 4. The number of nitrogens with one attached hydrogen (secondary N) is 2. The van der Waals surface area contributed by atoms with Crippen LogP contribution in [0.5, 0.6) is 0 Å². The zero-order valence-corrected chi connectivity index (χ0v) is 18.0. The molecular weight excluding hydrogens is 442 g/mol. The Kier molecular flexibility index (Phi) is 5.77. The van der Waals surface area contributed by atoms with Crippen LogP contribution in [-0.2, 0) is 4.79 Å². The number of hydrogen-bond acceptors (Lipinski definition) is 2. The van der Waals surface area contributed by atoms with E-state index in [1.165, 1.54) is 0 Å². The van der Waals surface area contributed by atoms with Crippen molar-refractivity contribution in [2.45, 2.75) is 19.0 Å². The Morgan fingerprint density at radius 2 is 1.67 bits per heavy atom. The third-order valence-corrected chi connectivity index (χ3v) is 5.57. The summed E-state index contributed by atoms with van der Waals surface area (Å²) in [5, 5.41) is 2.92. The van der Waals surface area contributed by atoms with Gasteiger partial charge in [-0.25, -0.2) is 0 Å². The van der Waals surface area contributed by atoms with Crippen molar-refractivity contribution in [3.8, 4) is 0 Å². The number of benzene rings is 3. The monoisotopic (exact) mass is 462 g/mol. The van der Waals surface area contributed by atoms with Crippen molar-refractivity contribution in [1.82, 2.24) is 10.7 Å². The first-order chi connectivity index (χ1) is 14.5. The molecule has 6 heteroatoms. The standard InChI is InChI=1S/C24H20BrN3O2/c1-16-7-11-19(12-8-16)23(29)26-21-22(18-5-3-2-4-6-18)28(27-24(21)30)15-17-9-13-20(25)14-10-17/h2-15,21-22H,1H3,(H-,26,27,29,30)/p+1/b28-15-/t21-,22-/m1/s1. The largest absolute Gasteiger partial charge is 0.334 e. The van der Waals surface area contributed by atoms with Crippen LogP contribution in [0.2, 0.25) is 0 Å². The molecule has 1 fully saturated rings. The van der Waals surface area contributed by atoms with Crippen LogP contribution in [0.3, 0.4) is 0 Å². The van der Waals surface area contributed by atoms with Crippen molar-refractivity contribution in [3.63, 3.8) is 0 Å². The van der Waals surface area contributed by atoms with E-state index < -0.39 is 6.04 Å². The van der Waals surface area contributed by atoms with Crippen molar-refractivity contribution in [2.24, 2.45) is 0 Å². The zero-order chi connectivity index (χ0) is 21.1. The lowest BCUT2D eigenvalue weighted by Crippen LogP contribution is -2.42. The molecule has 0 aliphatic carbocycles. The Morgan fingerprint density at radius 1 is 1.00 bits per heavy atom. The van der Waals surface area contributed by atoms with E-state index in [0.717, 1.165) is 21.2 Å². The lowest BCUT2D eigenvalue weighted by atomic mass is 9.99. The predicted molar refractivity (Wildman–Crippen MR) is 119 cm³/mol. The van der Waals surface area contributed by atoms with Crippen LogP contribution < -0.4 is 10.7 Å². The van der Waals surface area contributed by atoms with Gasteiger partial charge in [0.25, 0.3) is 5.91 Å². The maximum absolute atomic E-state index is 12.8. The first kappa shape index (κ1) is 20.0. The van der Waals surface area contributed by atoms with E-state index in [1.54, 1.807) is 16.8 Å². The summed E-state index contributed by atoms with van der Waals surface area (Å²) in [6.07, 6.45) is 1.88. The highest BCUT2D eigenvalue weighted by Crippen LogP contribution is 2.25. The highest BCUT2D eigenvalue weighted by Gasteiger charge is 2.47. The average molecular weight is 463 g/mol. The summed E-state index contributed by atoms with van der Waals surface area (Å²) in [7, 11) is 0. The minimum absolute atomic E-state index is 0.252. The molecule has 3 aromatic carbocycles. The Bertz CT molecular complexity index is 1090. The van der Waals surface area contributed by atoms with Gasteiger partial charge in [0.05, 0.1) is 0 Å². The molecule has 1 aliphatic rings. The molecule has 2 amide bonds. The van der Waals surface area contributed by atoms with Gasteiger partial charge in [-0.1, -0.05) is 64.0 Å². The molecular formula is C24H21BrN3O2+. The highest BCUT2D eigenvalue weighted by molar-refractivity contribution is 9.10. The summed E-state index contributed by atoms with van der Waals surface area (Å²) in [6.45, 7) is 1.97. The smallest absolute Gasteiger partial charge is 0.304 e. The zero-order valence-electron chi connectivity index (χ0n) is 16.4. The van der Waals surface area contributed by atoms with Gasteiger partial charge in [0, 0.05) is 21.2 Å². The van der Waals surface area contributed by atoms with Gasteiger partial charge in [-0.2, -0.15) is 0 Å². The molecule has 150 valence electrons. The maximum atomic E-state index is 12.8. The lowest BCUT2D eigenvalue weighted by Gasteiger charge is -2.14. The fraction of sp³-hybridized carbons (Fsp3) is 0.125. The minimum Gasteiger partial charge on any atom is -0.334 e. The molecule has 5 nitrogen and oxygen atoms in total. The topological polar surface area (TPSA) is 61.2 Å². The number of halogens is 1. The molecule has 0 bridgehead atoms. The molecule has 1 heterocycles. The van der Waals surface area contributed by atoms with Gasteiger partial charge in [0.1, 0.15) is 0 Å². The van der Waals surface area contributed by atoms with Crippen molar-refractivity contribution < 1.29 is 14.3 Å². The van der Waals surface area contributed by atoms with Crippen molar-refractivity contribution in [3.05, 3.63) is 106 Å². The first-order valence-electron chi connectivity index (χ1n) is 9.63. The van der Waals surface area contributed by atoms with Crippen LogP contribution in [-0.4, -0.2) is 28.8 Å². The van der Waals surface area contributed by atoms with Gasteiger partial charge in [-0.05, 0) is 43.3 Å². The number of nitrogens with zero attached hydrogens (tertiary/aromatic N) is 1. The summed E-state index contributed by atoms with van der Waals surface area (Å²) in [5.41, 5.74) is 6.35. The number of aryl methyl sites for hydroxylation is 1. The summed E-state index contributed by atoms with van der Waals surface area (Å²) in [5.74, 6) is -0.528. The van der Waals surface area contributed by atoms with E-state index in [0.29, 0.717) is 5.56 Å². The molecule has 1 saturated heterocycles. The second-order valence-corrected chi connectivity index (χ2v) is 8.15. The van der Waals surface area contributed by atoms with Crippen molar-refractivity contribution in [1.29, 1.82) is 0 Å². The molecule has 2 atom stereocenters. The van der Waals surface area contributed by atoms with Gasteiger partial charge in [0.15, 0.2) is 6.04 Å². The van der Waals surface area contributed by atoms with Gasteiger partial charge in [-0.15, -0.1) is 10.1 Å². The number of carbonyl (C=O) groups is 2. The number of amides is 2. The second kappa shape index (κ2) is 8.63. The summed E-state index contributed by atoms with van der Waals surface area (Å²) < 4.78 is 2.74. The average Bonchev–Trinajstić information content (AvgIpc) is 3.05. The van der Waals surface area contributed by atoms with Crippen LogP contribution in [0.1, 0.15) is 33.1 Å². The van der Waals surface area contributed by atoms with Gasteiger partial charge in [0.2, 0.25) is 12.3 Å². The Morgan fingerprint density at radius 3 is 2.33 bits per heavy atom. The van der Waals surface area contributed by atoms with Crippen molar-refractivity contribution in [2.75, 3.05) is 0 Å². The van der Waals surface area contributed by atoms with Crippen LogP contribution in [0, 0.1) is 6.92 Å². The van der Waals surface area contributed by atoms with E-state index in [4.69, 9.17) is 0 Å².